The average molecular weight is 201 g/mol. The molecule has 1 heterocycles. The second kappa shape index (κ2) is 5.23. The number of likely N-dealkylation sites (tertiary alicyclic amines) is 1. The van der Waals surface area contributed by atoms with Crippen LogP contribution in [0, 0.1) is 0 Å². The zero-order valence-corrected chi connectivity index (χ0v) is 8.80. The summed E-state index contributed by atoms with van der Waals surface area (Å²) in [5.41, 5.74) is -0.367. The molecule has 3 heteroatoms. The molecule has 3 nitrogen and oxygen atoms in total. The van der Waals surface area contributed by atoms with Gasteiger partial charge in [-0.2, -0.15) is 0 Å². The van der Waals surface area contributed by atoms with Gasteiger partial charge < -0.3 is 9.64 Å². The van der Waals surface area contributed by atoms with Crippen molar-refractivity contribution in [2.45, 2.75) is 53.1 Å². The third-order valence-corrected chi connectivity index (χ3v) is 2.01. The molecule has 1 saturated heterocycles. The van der Waals surface area contributed by atoms with Crippen LogP contribution in [0.2, 0.25) is 0 Å². The zero-order chi connectivity index (χ0) is 9.90. The fourth-order valence-electron chi connectivity index (χ4n) is 1.40. The predicted octanol–water partition coefficient (Wildman–Crippen LogP) is 3.04. The highest BCUT2D eigenvalue weighted by molar-refractivity contribution is 5.68. The number of carbonyl (C=O) groups is 1. The fourth-order valence-corrected chi connectivity index (χ4v) is 1.40. The van der Waals surface area contributed by atoms with E-state index < -0.39 is 0 Å². The van der Waals surface area contributed by atoms with Gasteiger partial charge >= 0.3 is 6.09 Å². The van der Waals surface area contributed by atoms with E-state index in [9.17, 15) is 4.79 Å². The Bertz CT molecular complexity index is 178. The normalized spacial score (nSPS) is 17.2. The fraction of sp³-hybridized carbons (Fsp3) is 0.909. The predicted molar refractivity (Wildman–Crippen MR) is 58.4 cm³/mol. The largest absolute Gasteiger partial charge is 0.444 e. The van der Waals surface area contributed by atoms with Crippen LogP contribution in [0.5, 0.6) is 0 Å². The molecule has 1 fully saturated rings. The lowest BCUT2D eigenvalue weighted by Crippen LogP contribution is -2.39. The molecule has 0 unspecified atom stereocenters. The van der Waals surface area contributed by atoms with Crippen LogP contribution >= 0.6 is 0 Å². The first-order chi connectivity index (χ1) is 5.99. The van der Waals surface area contributed by atoms with Crippen LogP contribution < -0.4 is 0 Å². The van der Waals surface area contributed by atoms with Crippen molar-refractivity contribution in [1.82, 2.24) is 4.90 Å². The Hall–Kier alpha value is -0.730. The minimum Gasteiger partial charge on any atom is -0.444 e. The van der Waals surface area contributed by atoms with Gasteiger partial charge in [0, 0.05) is 13.1 Å². The van der Waals surface area contributed by atoms with E-state index in [1.54, 1.807) is 4.90 Å². The molecule has 0 bridgehead atoms. The van der Waals surface area contributed by atoms with E-state index >= 15 is 0 Å². The Morgan fingerprint density at radius 2 is 1.64 bits per heavy atom. The lowest BCUT2D eigenvalue weighted by Gasteiger charge is -2.29. The zero-order valence-electron chi connectivity index (χ0n) is 8.80. The first-order valence-electron chi connectivity index (χ1n) is 4.97. The molecule has 1 amide bonds. The topological polar surface area (TPSA) is 29.5 Å². The van der Waals surface area contributed by atoms with E-state index in [1.807, 2.05) is 20.8 Å². The number of rotatable bonds is 0. The maximum absolute atomic E-state index is 11.5. The third-order valence-electron chi connectivity index (χ3n) is 2.01. The van der Waals surface area contributed by atoms with Crippen LogP contribution in [-0.4, -0.2) is 29.7 Å². The van der Waals surface area contributed by atoms with Crippen LogP contribution in [0.1, 0.15) is 47.5 Å². The summed E-state index contributed by atoms with van der Waals surface area (Å²) in [6.45, 7) is 7.41. The molecule has 0 spiro atoms. The quantitative estimate of drug-likeness (QED) is 0.603. The molecule has 84 valence electrons. The molecule has 0 aromatic carbocycles. The van der Waals surface area contributed by atoms with Crippen molar-refractivity contribution in [3.63, 3.8) is 0 Å². The molecule has 1 aliphatic heterocycles. The first kappa shape index (κ1) is 13.3. The Labute approximate surface area is 87.4 Å². The van der Waals surface area contributed by atoms with Crippen molar-refractivity contribution in [1.29, 1.82) is 0 Å². The number of carbonyl (C=O) groups excluding carboxylic acids is 1. The van der Waals surface area contributed by atoms with E-state index in [0.29, 0.717) is 0 Å². The molecular weight excluding hydrogens is 178 g/mol. The lowest BCUT2D eigenvalue weighted by atomic mass is 10.1. The monoisotopic (exact) mass is 201 g/mol. The van der Waals surface area contributed by atoms with Gasteiger partial charge in [-0.05, 0) is 40.0 Å². The van der Waals surface area contributed by atoms with Crippen molar-refractivity contribution < 1.29 is 9.53 Å². The minimum absolute atomic E-state index is 0. The second-order valence-corrected chi connectivity index (χ2v) is 4.53. The molecule has 0 N–H and O–H groups in total. The summed E-state index contributed by atoms with van der Waals surface area (Å²) in [5, 5.41) is 0. The van der Waals surface area contributed by atoms with E-state index in [2.05, 4.69) is 0 Å². The van der Waals surface area contributed by atoms with Gasteiger partial charge in [-0.25, -0.2) is 4.79 Å². The highest BCUT2D eigenvalue weighted by Gasteiger charge is 2.22. The molecule has 14 heavy (non-hydrogen) atoms. The van der Waals surface area contributed by atoms with E-state index in [0.717, 1.165) is 25.9 Å². The molecule has 0 radical (unpaired) electrons. The molecule has 1 aliphatic rings. The van der Waals surface area contributed by atoms with Crippen LogP contribution in [0.3, 0.4) is 0 Å². The van der Waals surface area contributed by atoms with Gasteiger partial charge in [0.15, 0.2) is 0 Å². The van der Waals surface area contributed by atoms with Gasteiger partial charge in [0.25, 0.3) is 0 Å². The molecule has 0 aromatic heterocycles. The summed E-state index contributed by atoms with van der Waals surface area (Å²) in [6.07, 6.45) is 3.30. The molecule has 0 saturated carbocycles. The summed E-state index contributed by atoms with van der Waals surface area (Å²) in [5.74, 6) is 0. The Morgan fingerprint density at radius 1 is 1.14 bits per heavy atom. The molecule has 1 rings (SSSR count). The Morgan fingerprint density at radius 3 is 2.07 bits per heavy atom. The van der Waals surface area contributed by atoms with E-state index in [4.69, 9.17) is 4.74 Å². The van der Waals surface area contributed by atoms with Crippen LogP contribution in [0.15, 0.2) is 0 Å². The highest BCUT2D eigenvalue weighted by Crippen LogP contribution is 2.14. The summed E-state index contributed by atoms with van der Waals surface area (Å²) >= 11 is 0. The average Bonchev–Trinajstić information content (AvgIpc) is 2.03. The number of hydrogen-bond acceptors (Lipinski definition) is 2. The SMILES string of the molecule is C.CC(C)(C)OC(=O)N1CCCCC1. The summed E-state index contributed by atoms with van der Waals surface area (Å²) < 4.78 is 5.26. The number of amides is 1. The van der Waals surface area contributed by atoms with Crippen molar-refractivity contribution in [2.75, 3.05) is 13.1 Å². The molecule has 0 aliphatic carbocycles. The van der Waals surface area contributed by atoms with Crippen LogP contribution in [0.25, 0.3) is 0 Å². The third kappa shape index (κ3) is 4.49. The Kier molecular flexibility index (Phi) is 4.95. The van der Waals surface area contributed by atoms with Crippen molar-refractivity contribution >= 4 is 6.09 Å². The van der Waals surface area contributed by atoms with Gasteiger partial charge in [-0.15, -0.1) is 0 Å². The van der Waals surface area contributed by atoms with Gasteiger partial charge in [-0.3, -0.25) is 0 Å². The van der Waals surface area contributed by atoms with Crippen LogP contribution in [0.4, 0.5) is 4.79 Å². The summed E-state index contributed by atoms with van der Waals surface area (Å²) in [7, 11) is 0. The van der Waals surface area contributed by atoms with Gasteiger partial charge in [0.05, 0.1) is 0 Å². The molecule has 0 atom stereocenters. The number of ether oxygens (including phenoxy) is 1. The second-order valence-electron chi connectivity index (χ2n) is 4.53. The molecule has 0 aromatic rings. The Balaban J connectivity index is 0.00000169. The summed E-state index contributed by atoms with van der Waals surface area (Å²) in [4.78, 5) is 13.3. The summed E-state index contributed by atoms with van der Waals surface area (Å²) in [6, 6.07) is 0. The van der Waals surface area contributed by atoms with Crippen molar-refractivity contribution in [2.24, 2.45) is 0 Å². The maximum atomic E-state index is 11.5. The van der Waals surface area contributed by atoms with Gasteiger partial charge in [-0.1, -0.05) is 7.43 Å². The molecular formula is C11H23NO2. The van der Waals surface area contributed by atoms with Gasteiger partial charge in [0.1, 0.15) is 5.60 Å². The lowest BCUT2D eigenvalue weighted by molar-refractivity contribution is 0.0216. The minimum atomic E-state index is -0.367. The van der Waals surface area contributed by atoms with Crippen LogP contribution in [-0.2, 0) is 4.74 Å². The highest BCUT2D eigenvalue weighted by atomic mass is 16.6. The maximum Gasteiger partial charge on any atom is 0.410 e. The smallest absolute Gasteiger partial charge is 0.410 e. The van der Waals surface area contributed by atoms with Crippen molar-refractivity contribution in [3.05, 3.63) is 0 Å². The number of hydrogen-bond donors (Lipinski definition) is 0. The van der Waals surface area contributed by atoms with Gasteiger partial charge in [0.2, 0.25) is 0 Å². The number of piperidine rings is 1. The first-order valence-corrected chi connectivity index (χ1v) is 4.97. The van der Waals surface area contributed by atoms with E-state index in [-0.39, 0.29) is 19.1 Å². The van der Waals surface area contributed by atoms with E-state index in [1.165, 1.54) is 6.42 Å². The van der Waals surface area contributed by atoms with Crippen molar-refractivity contribution in [3.8, 4) is 0 Å². The standard InChI is InChI=1S/C10H19NO2.CH4/c1-10(2,3)13-9(12)11-7-5-4-6-8-11;/h4-8H2,1-3H3;1H4. The number of nitrogens with zero attached hydrogens (tertiary/aromatic N) is 1.